The Bertz CT molecular complexity index is 675. The van der Waals surface area contributed by atoms with E-state index in [1.807, 2.05) is 35.8 Å². The number of ether oxygens (including phenoxy) is 1. The Labute approximate surface area is 116 Å². The summed E-state index contributed by atoms with van der Waals surface area (Å²) in [4.78, 5) is 11.9. The van der Waals surface area contributed by atoms with Gasteiger partial charge in [0.15, 0.2) is 5.43 Å². The van der Waals surface area contributed by atoms with E-state index in [-0.39, 0.29) is 10.4 Å². The van der Waals surface area contributed by atoms with Crippen molar-refractivity contribution >= 4 is 17.2 Å². The number of nitrogens with zero attached hydrogens (tertiary/aromatic N) is 1. The molecule has 0 unspecified atom stereocenters. The van der Waals surface area contributed by atoms with Gasteiger partial charge >= 0.3 is 0 Å². The number of hydrogen-bond donors (Lipinski definition) is 1. The van der Waals surface area contributed by atoms with Crippen molar-refractivity contribution in [2.24, 2.45) is 5.73 Å². The molecule has 2 N–H and O–H groups in total. The lowest BCUT2D eigenvalue weighted by atomic mass is 10.2. The molecule has 0 fully saturated rings. The van der Waals surface area contributed by atoms with Crippen molar-refractivity contribution in [2.45, 2.75) is 6.92 Å². The molecule has 2 rings (SSSR count). The fraction of sp³-hybridized carbons (Fsp3) is 0.143. The topological polar surface area (TPSA) is 57.2 Å². The highest BCUT2D eigenvalue weighted by atomic mass is 32.1. The first kappa shape index (κ1) is 13.3. The van der Waals surface area contributed by atoms with Crippen LogP contribution in [0.5, 0.6) is 5.75 Å². The van der Waals surface area contributed by atoms with Crippen LogP contribution in [0.3, 0.4) is 0 Å². The van der Waals surface area contributed by atoms with Gasteiger partial charge in [0, 0.05) is 23.6 Å². The second kappa shape index (κ2) is 5.24. The molecule has 0 bridgehead atoms. The summed E-state index contributed by atoms with van der Waals surface area (Å²) in [6.07, 6.45) is 1.67. The van der Waals surface area contributed by atoms with E-state index in [1.165, 1.54) is 6.07 Å². The van der Waals surface area contributed by atoms with Crippen LogP contribution >= 0.6 is 12.2 Å². The molecular formula is C14H14N2O2S. The number of thiocarbonyl (C=S) groups is 1. The second-order valence-corrected chi connectivity index (χ2v) is 4.56. The maximum atomic E-state index is 11.8. The molecule has 5 heteroatoms. The predicted molar refractivity (Wildman–Crippen MR) is 79.2 cm³/mol. The summed E-state index contributed by atoms with van der Waals surface area (Å²) >= 11 is 4.89. The molecule has 19 heavy (non-hydrogen) atoms. The lowest BCUT2D eigenvalue weighted by Crippen LogP contribution is -2.22. The van der Waals surface area contributed by atoms with Gasteiger partial charge in [0.05, 0.1) is 12.7 Å². The minimum Gasteiger partial charge on any atom is -0.497 e. The first-order valence-electron chi connectivity index (χ1n) is 5.70. The minimum absolute atomic E-state index is 0.104. The zero-order chi connectivity index (χ0) is 14.0. The summed E-state index contributed by atoms with van der Waals surface area (Å²) < 4.78 is 6.99. The van der Waals surface area contributed by atoms with Crippen LogP contribution in [0.2, 0.25) is 0 Å². The number of methoxy groups -OCH3 is 1. The summed E-state index contributed by atoms with van der Waals surface area (Å²) in [5.74, 6) is 0.775. The van der Waals surface area contributed by atoms with Crippen LogP contribution in [-0.4, -0.2) is 16.7 Å². The summed E-state index contributed by atoms with van der Waals surface area (Å²) in [6.45, 7) is 1.86. The zero-order valence-electron chi connectivity index (χ0n) is 10.7. The fourth-order valence-corrected chi connectivity index (χ4v) is 1.99. The molecule has 0 spiro atoms. The normalized spacial score (nSPS) is 10.2. The molecule has 2 aromatic rings. The largest absolute Gasteiger partial charge is 0.497 e. The highest BCUT2D eigenvalue weighted by Gasteiger charge is 2.07. The summed E-state index contributed by atoms with van der Waals surface area (Å²) in [6, 6.07) is 9.04. The molecule has 1 aromatic carbocycles. The lowest BCUT2D eigenvalue weighted by Gasteiger charge is -2.12. The Morgan fingerprint density at radius 2 is 1.95 bits per heavy atom. The van der Waals surface area contributed by atoms with Crippen LogP contribution in [0.15, 0.2) is 41.3 Å². The Balaban J connectivity index is 2.57. The summed E-state index contributed by atoms with van der Waals surface area (Å²) in [5.41, 5.74) is 7.47. The van der Waals surface area contributed by atoms with Gasteiger partial charge in [-0.25, -0.2) is 0 Å². The Morgan fingerprint density at radius 1 is 1.32 bits per heavy atom. The molecule has 0 atom stereocenters. The maximum absolute atomic E-state index is 11.8. The molecule has 0 radical (unpaired) electrons. The molecule has 0 aliphatic rings. The van der Waals surface area contributed by atoms with E-state index >= 15 is 0 Å². The van der Waals surface area contributed by atoms with Gasteiger partial charge < -0.3 is 15.0 Å². The number of hydrogen-bond acceptors (Lipinski definition) is 3. The van der Waals surface area contributed by atoms with E-state index in [4.69, 9.17) is 22.7 Å². The third kappa shape index (κ3) is 2.66. The number of aromatic nitrogens is 1. The van der Waals surface area contributed by atoms with Crippen LogP contribution in [0.4, 0.5) is 0 Å². The molecule has 0 amide bonds. The molecule has 0 saturated carbocycles. The van der Waals surface area contributed by atoms with Gasteiger partial charge in [0.2, 0.25) is 0 Å². The highest BCUT2D eigenvalue weighted by Crippen LogP contribution is 2.16. The van der Waals surface area contributed by atoms with E-state index in [2.05, 4.69) is 0 Å². The first-order valence-corrected chi connectivity index (χ1v) is 6.11. The van der Waals surface area contributed by atoms with Crippen molar-refractivity contribution in [3.05, 3.63) is 58.0 Å². The van der Waals surface area contributed by atoms with Gasteiger partial charge in [-0.2, -0.15) is 0 Å². The number of nitrogens with two attached hydrogens (primary N) is 1. The van der Waals surface area contributed by atoms with E-state index < -0.39 is 0 Å². The van der Waals surface area contributed by atoms with Crippen molar-refractivity contribution in [1.29, 1.82) is 0 Å². The summed E-state index contributed by atoms with van der Waals surface area (Å²) in [5, 5.41) is 0. The quantitative estimate of drug-likeness (QED) is 0.867. The SMILES string of the molecule is COc1ccc(-n2cc(C(N)=S)c(=O)cc2C)cc1. The molecular weight excluding hydrogens is 260 g/mol. The Morgan fingerprint density at radius 3 is 2.47 bits per heavy atom. The Hall–Kier alpha value is -2.14. The highest BCUT2D eigenvalue weighted by molar-refractivity contribution is 7.80. The molecule has 0 saturated heterocycles. The average molecular weight is 274 g/mol. The third-order valence-corrected chi connectivity index (χ3v) is 3.08. The van der Waals surface area contributed by atoms with Crippen molar-refractivity contribution in [2.75, 3.05) is 7.11 Å². The molecule has 0 aliphatic carbocycles. The van der Waals surface area contributed by atoms with Gasteiger partial charge in [0.1, 0.15) is 10.7 Å². The molecule has 4 nitrogen and oxygen atoms in total. The monoisotopic (exact) mass is 274 g/mol. The van der Waals surface area contributed by atoms with Crippen molar-refractivity contribution in [1.82, 2.24) is 4.57 Å². The minimum atomic E-state index is -0.158. The van der Waals surface area contributed by atoms with Gasteiger partial charge in [-0.05, 0) is 31.2 Å². The zero-order valence-corrected chi connectivity index (χ0v) is 11.5. The van der Waals surface area contributed by atoms with Gasteiger partial charge in [-0.1, -0.05) is 12.2 Å². The van der Waals surface area contributed by atoms with Crippen molar-refractivity contribution < 1.29 is 4.74 Å². The number of benzene rings is 1. The molecule has 98 valence electrons. The van der Waals surface area contributed by atoms with E-state index in [0.29, 0.717) is 5.56 Å². The van der Waals surface area contributed by atoms with Gasteiger partial charge in [-0.15, -0.1) is 0 Å². The van der Waals surface area contributed by atoms with Crippen molar-refractivity contribution in [3.8, 4) is 11.4 Å². The second-order valence-electron chi connectivity index (χ2n) is 4.13. The molecule has 0 aliphatic heterocycles. The number of aryl methyl sites for hydroxylation is 1. The average Bonchev–Trinajstić information content (AvgIpc) is 2.38. The van der Waals surface area contributed by atoms with Crippen LogP contribution < -0.4 is 15.9 Å². The van der Waals surface area contributed by atoms with Gasteiger partial charge in [0.25, 0.3) is 0 Å². The van der Waals surface area contributed by atoms with Crippen LogP contribution in [0.1, 0.15) is 11.3 Å². The van der Waals surface area contributed by atoms with Gasteiger partial charge in [-0.3, -0.25) is 4.79 Å². The van der Waals surface area contributed by atoms with E-state index in [1.54, 1.807) is 13.3 Å². The molecule has 1 aromatic heterocycles. The molecule has 1 heterocycles. The number of pyridine rings is 1. The summed E-state index contributed by atoms with van der Waals surface area (Å²) in [7, 11) is 1.62. The van der Waals surface area contributed by atoms with Crippen LogP contribution in [0, 0.1) is 6.92 Å². The third-order valence-electron chi connectivity index (χ3n) is 2.86. The lowest BCUT2D eigenvalue weighted by molar-refractivity contribution is 0.414. The maximum Gasteiger partial charge on any atom is 0.192 e. The van der Waals surface area contributed by atoms with E-state index in [0.717, 1.165) is 17.1 Å². The van der Waals surface area contributed by atoms with E-state index in [9.17, 15) is 4.79 Å². The standard InChI is InChI=1S/C14H14N2O2S/c1-9-7-13(17)12(14(15)19)8-16(9)10-3-5-11(18-2)6-4-10/h3-8H,1-2H3,(H2,15,19). The number of rotatable bonds is 3. The van der Waals surface area contributed by atoms with Crippen molar-refractivity contribution in [3.63, 3.8) is 0 Å². The van der Waals surface area contributed by atoms with Crippen LogP contribution in [-0.2, 0) is 0 Å². The Kier molecular flexibility index (Phi) is 3.66. The first-order chi connectivity index (χ1) is 9.02. The van der Waals surface area contributed by atoms with Crippen LogP contribution in [0.25, 0.3) is 5.69 Å². The predicted octanol–water partition coefficient (Wildman–Crippen LogP) is 1.79. The fourth-order valence-electron chi connectivity index (χ4n) is 1.84. The smallest absolute Gasteiger partial charge is 0.192 e.